The first kappa shape index (κ1) is 19.1. The van der Waals surface area contributed by atoms with Crippen LogP contribution in [0.1, 0.15) is 60.3 Å². The smallest absolute Gasteiger partial charge is 0.303 e. The van der Waals surface area contributed by atoms with Crippen molar-refractivity contribution in [3.63, 3.8) is 0 Å². The van der Waals surface area contributed by atoms with Crippen LogP contribution in [-0.4, -0.2) is 41.8 Å². The Kier molecular flexibility index (Phi) is 4.36. The highest BCUT2D eigenvalue weighted by Gasteiger charge is 2.66. The molecular weight excluding hydrogens is 344 g/mol. The number of fused-ring (bicyclic) bond motifs is 2. The zero-order valence-electron chi connectivity index (χ0n) is 17.1. The second-order valence-corrected chi connectivity index (χ2v) is 9.97. The molecule has 4 aliphatic rings. The normalized spacial score (nSPS) is 46.3. The third-order valence-electron chi connectivity index (χ3n) is 7.99. The van der Waals surface area contributed by atoms with Crippen molar-refractivity contribution < 1.29 is 24.2 Å². The summed E-state index contributed by atoms with van der Waals surface area (Å²) in [5.74, 6) is -0.491. The van der Waals surface area contributed by atoms with Gasteiger partial charge in [0, 0.05) is 12.8 Å². The second-order valence-electron chi connectivity index (χ2n) is 9.97. The molecule has 2 fully saturated rings. The Balaban J connectivity index is 1.84. The average Bonchev–Trinajstić information content (AvgIpc) is 3.06. The van der Waals surface area contributed by atoms with Gasteiger partial charge >= 0.3 is 5.97 Å². The molecule has 0 aromatic rings. The zero-order valence-corrected chi connectivity index (χ0v) is 17.1. The van der Waals surface area contributed by atoms with Gasteiger partial charge in [-0.15, -0.1) is 0 Å². The fourth-order valence-electron chi connectivity index (χ4n) is 6.83. The summed E-state index contributed by atoms with van der Waals surface area (Å²) < 4.78 is 11.8. The van der Waals surface area contributed by atoms with Crippen LogP contribution in [0.4, 0.5) is 0 Å². The van der Waals surface area contributed by atoms with E-state index in [9.17, 15) is 14.7 Å². The van der Waals surface area contributed by atoms with Gasteiger partial charge in [0.2, 0.25) is 0 Å². The second kappa shape index (κ2) is 6.15. The minimum absolute atomic E-state index is 0.00876. The molecule has 27 heavy (non-hydrogen) atoms. The van der Waals surface area contributed by atoms with Crippen LogP contribution in [0.15, 0.2) is 11.1 Å². The quantitative estimate of drug-likeness (QED) is 0.592. The van der Waals surface area contributed by atoms with Gasteiger partial charge in [-0.3, -0.25) is 9.59 Å². The van der Waals surface area contributed by atoms with E-state index < -0.39 is 18.2 Å². The van der Waals surface area contributed by atoms with Crippen molar-refractivity contribution >= 4 is 11.8 Å². The van der Waals surface area contributed by atoms with E-state index in [1.165, 1.54) is 12.5 Å². The number of carbonyl (C=O) groups excluding carboxylic acids is 2. The van der Waals surface area contributed by atoms with Crippen LogP contribution in [0.2, 0.25) is 0 Å². The van der Waals surface area contributed by atoms with E-state index in [1.807, 2.05) is 0 Å². The molecule has 1 N–H and O–H groups in total. The molecule has 0 saturated heterocycles. The standard InChI is InChI=1S/C22H32O5/c1-11(2)15-20(27-12(3)23)18(25)17-19-16-13(10-26-19)14(24)6-7-21(16,4)8-9-22(15,17)5/h11,14-15,17,19-20,24H,6-10H2,1-5H3/t14-,15-,17?,19?,20?,21-,22+/m0/s1. The molecule has 5 heteroatoms. The molecule has 0 amide bonds. The molecule has 4 rings (SSSR count). The highest BCUT2D eigenvalue weighted by atomic mass is 16.5. The molecule has 1 heterocycles. The lowest BCUT2D eigenvalue weighted by atomic mass is 9.66. The largest absolute Gasteiger partial charge is 0.454 e. The van der Waals surface area contributed by atoms with Gasteiger partial charge < -0.3 is 14.6 Å². The van der Waals surface area contributed by atoms with E-state index >= 15 is 0 Å². The summed E-state index contributed by atoms with van der Waals surface area (Å²) in [5.41, 5.74) is 1.89. The molecule has 3 aliphatic carbocycles. The predicted molar refractivity (Wildman–Crippen MR) is 99.8 cm³/mol. The fraction of sp³-hybridized carbons (Fsp3) is 0.818. The number of hydrogen-bond acceptors (Lipinski definition) is 5. The summed E-state index contributed by atoms with van der Waals surface area (Å²) in [5, 5.41) is 10.5. The molecule has 0 aromatic carbocycles. The molecule has 2 saturated carbocycles. The van der Waals surface area contributed by atoms with E-state index in [1.54, 1.807) is 0 Å². The van der Waals surface area contributed by atoms with Crippen molar-refractivity contribution in [3.05, 3.63) is 11.1 Å². The van der Waals surface area contributed by atoms with Gasteiger partial charge in [-0.05, 0) is 53.6 Å². The van der Waals surface area contributed by atoms with E-state index in [0.29, 0.717) is 6.61 Å². The summed E-state index contributed by atoms with van der Waals surface area (Å²) >= 11 is 0. The van der Waals surface area contributed by atoms with Gasteiger partial charge in [0.1, 0.15) is 0 Å². The first-order chi connectivity index (χ1) is 12.6. The Morgan fingerprint density at radius 1 is 1.26 bits per heavy atom. The number of hydrogen-bond donors (Lipinski definition) is 1. The predicted octanol–water partition coefficient (Wildman–Crippen LogP) is 3.05. The summed E-state index contributed by atoms with van der Waals surface area (Å²) in [6.45, 7) is 10.5. The van der Waals surface area contributed by atoms with Gasteiger partial charge in [0.25, 0.3) is 0 Å². The molecule has 0 aromatic heterocycles. The Hall–Kier alpha value is -1.20. The minimum atomic E-state index is -0.691. The summed E-state index contributed by atoms with van der Waals surface area (Å²) in [6, 6.07) is 0. The van der Waals surface area contributed by atoms with Crippen LogP contribution in [-0.2, 0) is 19.1 Å². The molecule has 3 unspecified atom stereocenters. The maximum atomic E-state index is 13.6. The molecule has 150 valence electrons. The SMILES string of the molecule is CC(=O)OC1C(=O)C2C3OCC4=C3[C@@](C)(CC[C@@H]4O)CC[C@]2(C)[C@H]1C(C)C. The lowest BCUT2D eigenvalue weighted by Gasteiger charge is -2.39. The molecule has 0 radical (unpaired) electrons. The Morgan fingerprint density at radius 2 is 1.96 bits per heavy atom. The van der Waals surface area contributed by atoms with E-state index in [0.717, 1.165) is 31.3 Å². The van der Waals surface area contributed by atoms with Crippen LogP contribution in [0.25, 0.3) is 0 Å². The molecule has 7 atom stereocenters. The lowest BCUT2D eigenvalue weighted by Crippen LogP contribution is -2.40. The number of rotatable bonds is 2. The first-order valence-corrected chi connectivity index (χ1v) is 10.3. The van der Waals surface area contributed by atoms with Crippen molar-refractivity contribution in [2.24, 2.45) is 28.6 Å². The molecule has 0 bridgehead atoms. The van der Waals surface area contributed by atoms with Gasteiger partial charge in [-0.25, -0.2) is 0 Å². The number of aliphatic hydroxyl groups is 1. The number of Topliss-reactive ketones (excluding diaryl/α,β-unsaturated/α-hetero) is 1. The maximum absolute atomic E-state index is 13.6. The van der Waals surface area contributed by atoms with E-state index in [4.69, 9.17) is 9.47 Å². The summed E-state index contributed by atoms with van der Waals surface area (Å²) in [6.07, 6.45) is 2.16. The topological polar surface area (TPSA) is 72.8 Å². The number of aliphatic hydroxyl groups excluding tert-OH is 1. The van der Waals surface area contributed by atoms with Crippen molar-refractivity contribution in [1.29, 1.82) is 0 Å². The fourth-order valence-corrected chi connectivity index (χ4v) is 6.83. The van der Waals surface area contributed by atoms with Crippen molar-refractivity contribution in [3.8, 4) is 0 Å². The van der Waals surface area contributed by atoms with Crippen LogP contribution in [0.3, 0.4) is 0 Å². The van der Waals surface area contributed by atoms with Crippen molar-refractivity contribution in [1.82, 2.24) is 0 Å². The number of ether oxygens (including phenoxy) is 2. The highest BCUT2D eigenvalue weighted by molar-refractivity contribution is 5.92. The van der Waals surface area contributed by atoms with Gasteiger partial charge in [-0.1, -0.05) is 27.7 Å². The highest BCUT2D eigenvalue weighted by Crippen LogP contribution is 2.63. The van der Waals surface area contributed by atoms with E-state index in [2.05, 4.69) is 27.7 Å². The zero-order chi connectivity index (χ0) is 19.7. The third-order valence-corrected chi connectivity index (χ3v) is 7.99. The van der Waals surface area contributed by atoms with E-state index in [-0.39, 0.29) is 40.5 Å². The molecular formula is C22H32O5. The van der Waals surface area contributed by atoms with Crippen LogP contribution >= 0.6 is 0 Å². The summed E-state index contributed by atoms with van der Waals surface area (Å²) in [7, 11) is 0. The lowest BCUT2D eigenvalue weighted by molar-refractivity contribution is -0.155. The van der Waals surface area contributed by atoms with Crippen molar-refractivity contribution in [2.75, 3.05) is 6.61 Å². The Labute approximate surface area is 161 Å². The maximum Gasteiger partial charge on any atom is 0.303 e. The third kappa shape index (κ3) is 2.57. The Bertz CT molecular complexity index is 709. The first-order valence-electron chi connectivity index (χ1n) is 10.3. The Morgan fingerprint density at radius 3 is 2.59 bits per heavy atom. The van der Waals surface area contributed by atoms with Crippen molar-refractivity contribution in [2.45, 2.75) is 78.6 Å². The molecule has 1 aliphatic heterocycles. The van der Waals surface area contributed by atoms with Gasteiger partial charge in [0.15, 0.2) is 11.9 Å². The minimum Gasteiger partial charge on any atom is -0.454 e. The average molecular weight is 376 g/mol. The number of ketones is 1. The molecule has 0 spiro atoms. The van der Waals surface area contributed by atoms with Crippen LogP contribution in [0, 0.1) is 28.6 Å². The monoisotopic (exact) mass is 376 g/mol. The number of esters is 1. The summed E-state index contributed by atoms with van der Waals surface area (Å²) in [4.78, 5) is 25.3. The van der Waals surface area contributed by atoms with Gasteiger partial charge in [-0.2, -0.15) is 0 Å². The van der Waals surface area contributed by atoms with Crippen LogP contribution in [0.5, 0.6) is 0 Å². The van der Waals surface area contributed by atoms with Crippen LogP contribution < -0.4 is 0 Å². The molecule has 5 nitrogen and oxygen atoms in total. The number of carbonyl (C=O) groups is 2. The van der Waals surface area contributed by atoms with Gasteiger partial charge in [0.05, 0.1) is 24.7 Å².